The number of amides is 2. The number of hydrogen-bond acceptors (Lipinski definition) is 6. The largest absolute Gasteiger partial charge is 0.493 e. The number of anilines is 1. The lowest BCUT2D eigenvalue weighted by atomic mass is 9.82. The SMILES string of the molecule is CC12C=CC(CCOc3ccc(C(F)(F)F)cc3)(O1)C1=C2C(=O)N(c2ccc([N+](=O)[O-])c3ccccc23)C1=O. The predicted octanol–water partition coefficient (Wildman–Crippen LogP) is 5.50. The zero-order valence-electron chi connectivity index (χ0n) is 20.3. The number of nitro groups is 1. The highest BCUT2D eigenvalue weighted by molar-refractivity contribution is 6.36. The minimum atomic E-state index is -4.46. The van der Waals surface area contributed by atoms with Crippen LogP contribution in [-0.4, -0.2) is 34.5 Å². The van der Waals surface area contributed by atoms with Crippen molar-refractivity contribution < 1.29 is 37.2 Å². The molecule has 3 aromatic carbocycles. The second-order valence-corrected chi connectivity index (χ2v) is 9.65. The minimum absolute atomic E-state index is 0.00943. The van der Waals surface area contributed by atoms with E-state index in [4.69, 9.17) is 9.47 Å². The number of fused-ring (bicyclic) bond motifs is 5. The second-order valence-electron chi connectivity index (χ2n) is 9.65. The molecule has 3 aliphatic heterocycles. The third-order valence-corrected chi connectivity index (χ3v) is 7.31. The normalized spacial score (nSPS) is 23.7. The van der Waals surface area contributed by atoms with Crippen molar-refractivity contribution in [2.75, 3.05) is 11.5 Å². The number of hydrogen-bond donors (Lipinski definition) is 0. The number of alkyl halides is 3. The summed E-state index contributed by atoms with van der Waals surface area (Å²) < 4.78 is 50.4. The van der Waals surface area contributed by atoms with Gasteiger partial charge in [-0.1, -0.05) is 18.2 Å². The van der Waals surface area contributed by atoms with Crippen molar-refractivity contribution in [2.24, 2.45) is 0 Å². The van der Waals surface area contributed by atoms with Crippen LogP contribution < -0.4 is 9.64 Å². The highest BCUT2D eigenvalue weighted by Gasteiger charge is 2.64. The Labute approximate surface area is 219 Å². The minimum Gasteiger partial charge on any atom is -0.493 e. The predicted molar refractivity (Wildman–Crippen MR) is 133 cm³/mol. The van der Waals surface area contributed by atoms with Crippen LogP contribution in [-0.2, 0) is 20.5 Å². The van der Waals surface area contributed by atoms with Crippen molar-refractivity contribution in [1.29, 1.82) is 0 Å². The van der Waals surface area contributed by atoms with E-state index in [2.05, 4.69) is 0 Å². The molecule has 0 saturated carbocycles. The Morgan fingerprint density at radius 2 is 1.62 bits per heavy atom. The molecule has 8 nitrogen and oxygen atoms in total. The molecular formula is C28H19F3N2O6. The number of carbonyl (C=O) groups excluding carboxylic acids is 2. The maximum atomic E-state index is 13.8. The van der Waals surface area contributed by atoms with Crippen molar-refractivity contribution in [2.45, 2.75) is 30.7 Å². The molecule has 6 rings (SSSR count). The van der Waals surface area contributed by atoms with E-state index in [1.165, 1.54) is 24.3 Å². The van der Waals surface area contributed by atoms with Crippen LogP contribution in [0.3, 0.4) is 0 Å². The Morgan fingerprint density at radius 3 is 2.28 bits per heavy atom. The first-order chi connectivity index (χ1) is 18.5. The Kier molecular flexibility index (Phi) is 5.24. The molecule has 0 fully saturated rings. The third-order valence-electron chi connectivity index (χ3n) is 7.31. The van der Waals surface area contributed by atoms with Gasteiger partial charge in [0.2, 0.25) is 0 Å². The summed E-state index contributed by atoms with van der Waals surface area (Å²) in [5.41, 5.74) is -2.81. The van der Waals surface area contributed by atoms with Gasteiger partial charge in [0, 0.05) is 17.9 Å². The molecule has 3 aliphatic rings. The highest BCUT2D eigenvalue weighted by Crippen LogP contribution is 2.55. The number of imide groups is 1. The number of non-ortho nitro benzene ring substituents is 1. The molecule has 39 heavy (non-hydrogen) atoms. The molecule has 198 valence electrons. The molecule has 2 atom stereocenters. The Morgan fingerprint density at radius 1 is 0.949 bits per heavy atom. The highest BCUT2D eigenvalue weighted by atomic mass is 19.4. The van der Waals surface area contributed by atoms with E-state index in [0.717, 1.165) is 17.0 Å². The number of nitrogens with zero attached hydrogens (tertiary/aromatic N) is 2. The molecule has 0 aromatic heterocycles. The van der Waals surface area contributed by atoms with E-state index in [1.807, 2.05) is 0 Å². The number of carbonyl (C=O) groups is 2. The van der Waals surface area contributed by atoms with Crippen molar-refractivity contribution in [3.63, 3.8) is 0 Å². The van der Waals surface area contributed by atoms with Gasteiger partial charge in [-0.25, -0.2) is 4.90 Å². The van der Waals surface area contributed by atoms with Crippen LogP contribution >= 0.6 is 0 Å². The van der Waals surface area contributed by atoms with Gasteiger partial charge in [-0.05, 0) is 55.5 Å². The smallest absolute Gasteiger partial charge is 0.416 e. The number of ether oxygens (including phenoxy) is 2. The van der Waals surface area contributed by atoms with Gasteiger partial charge in [0.15, 0.2) is 0 Å². The van der Waals surface area contributed by atoms with Crippen molar-refractivity contribution in [3.05, 3.63) is 99.6 Å². The molecule has 0 radical (unpaired) electrons. The molecule has 3 aromatic rings. The van der Waals surface area contributed by atoms with Gasteiger partial charge in [-0.3, -0.25) is 19.7 Å². The number of nitro benzene ring substituents is 1. The summed E-state index contributed by atoms with van der Waals surface area (Å²) in [6.07, 6.45) is -0.947. The summed E-state index contributed by atoms with van der Waals surface area (Å²) in [5.74, 6) is -0.966. The van der Waals surface area contributed by atoms with Gasteiger partial charge < -0.3 is 9.47 Å². The first-order valence-electron chi connectivity index (χ1n) is 12.0. The van der Waals surface area contributed by atoms with E-state index >= 15 is 0 Å². The van der Waals surface area contributed by atoms with Crippen molar-refractivity contribution in [3.8, 4) is 5.75 Å². The average molecular weight is 536 g/mol. The monoisotopic (exact) mass is 536 g/mol. The van der Waals surface area contributed by atoms with Crippen LogP contribution in [0.15, 0.2) is 84.0 Å². The Balaban J connectivity index is 1.29. The molecule has 2 bridgehead atoms. The van der Waals surface area contributed by atoms with Crippen molar-refractivity contribution in [1.82, 2.24) is 0 Å². The van der Waals surface area contributed by atoms with E-state index in [-0.39, 0.29) is 46.7 Å². The fourth-order valence-corrected chi connectivity index (χ4v) is 5.55. The van der Waals surface area contributed by atoms with Gasteiger partial charge in [0.05, 0.1) is 39.3 Å². The standard InChI is InChI=1S/C28H19F3N2O6/c1-26-12-13-27(39-26,14-15-38-17-8-6-16(7-9-17)28(29,30)31)23-22(26)24(34)32(25(23)35)20-10-11-21(33(36)37)19-5-3-2-4-18(19)20/h2-13H,14-15H2,1H3. The van der Waals surface area contributed by atoms with Gasteiger partial charge in [-0.15, -0.1) is 0 Å². The molecule has 0 spiro atoms. The van der Waals surface area contributed by atoms with Gasteiger partial charge in [0.1, 0.15) is 17.0 Å². The molecule has 3 heterocycles. The summed E-state index contributed by atoms with van der Waals surface area (Å²) in [4.78, 5) is 39.5. The molecule has 2 amide bonds. The Hall–Kier alpha value is -4.51. The summed E-state index contributed by atoms with van der Waals surface area (Å²) >= 11 is 0. The maximum absolute atomic E-state index is 13.8. The van der Waals surface area contributed by atoms with E-state index in [0.29, 0.717) is 5.39 Å². The first kappa shape index (κ1) is 24.8. The Bertz CT molecular complexity index is 1650. The summed E-state index contributed by atoms with van der Waals surface area (Å²) in [5, 5.41) is 12.2. The number of rotatable bonds is 6. The lowest BCUT2D eigenvalue weighted by Crippen LogP contribution is -2.42. The zero-order valence-corrected chi connectivity index (χ0v) is 20.3. The van der Waals surface area contributed by atoms with Crippen LogP contribution in [0.25, 0.3) is 10.8 Å². The van der Waals surface area contributed by atoms with Crippen LogP contribution in [0.5, 0.6) is 5.75 Å². The quantitative estimate of drug-likeness (QED) is 0.179. The van der Waals surface area contributed by atoms with Gasteiger partial charge in [0.25, 0.3) is 17.5 Å². The summed E-state index contributed by atoms with van der Waals surface area (Å²) in [6, 6.07) is 13.4. The third kappa shape index (κ3) is 3.64. The fourth-order valence-electron chi connectivity index (χ4n) is 5.55. The number of benzene rings is 3. The second kappa shape index (κ2) is 8.24. The van der Waals surface area contributed by atoms with Gasteiger partial charge >= 0.3 is 6.18 Å². The fraction of sp³-hybridized carbons (Fsp3) is 0.214. The van der Waals surface area contributed by atoms with Crippen LogP contribution in [0, 0.1) is 10.1 Å². The van der Waals surface area contributed by atoms with Crippen LogP contribution in [0.1, 0.15) is 18.9 Å². The first-order valence-corrected chi connectivity index (χ1v) is 12.0. The van der Waals surface area contributed by atoms with Crippen LogP contribution in [0.2, 0.25) is 0 Å². The topological polar surface area (TPSA) is 99.0 Å². The molecule has 0 aliphatic carbocycles. The van der Waals surface area contributed by atoms with Gasteiger partial charge in [-0.2, -0.15) is 13.2 Å². The molecular weight excluding hydrogens is 517 g/mol. The summed E-state index contributed by atoms with van der Waals surface area (Å²) in [6.45, 7) is 1.66. The average Bonchev–Trinajstić information content (AvgIpc) is 3.47. The molecule has 0 saturated heterocycles. The van der Waals surface area contributed by atoms with Crippen LogP contribution in [0.4, 0.5) is 24.5 Å². The van der Waals surface area contributed by atoms with E-state index in [9.17, 15) is 32.9 Å². The lowest BCUT2D eigenvalue weighted by Gasteiger charge is -2.29. The van der Waals surface area contributed by atoms with E-state index < -0.39 is 39.7 Å². The molecule has 11 heteroatoms. The maximum Gasteiger partial charge on any atom is 0.416 e. The molecule has 2 unspecified atom stereocenters. The zero-order chi connectivity index (χ0) is 27.7. The summed E-state index contributed by atoms with van der Waals surface area (Å²) in [7, 11) is 0. The lowest BCUT2D eigenvalue weighted by molar-refractivity contribution is -0.383. The van der Waals surface area contributed by atoms with E-state index in [1.54, 1.807) is 43.3 Å². The van der Waals surface area contributed by atoms with Crippen molar-refractivity contribution >= 4 is 34.0 Å². The number of halogens is 3. The molecule has 0 N–H and O–H groups in total.